The molecule has 0 aliphatic heterocycles. The number of phenolic OH excluding ortho intramolecular Hbond substituents is 1. The molecule has 0 atom stereocenters. The molecule has 24 heavy (non-hydrogen) atoms. The molecule has 0 aliphatic carbocycles. The van der Waals surface area contributed by atoms with Crippen molar-refractivity contribution >= 4 is 45.2 Å². The van der Waals surface area contributed by atoms with E-state index in [1.807, 2.05) is 0 Å². The number of benzene rings is 2. The summed E-state index contributed by atoms with van der Waals surface area (Å²) >= 11 is 12.2. The maximum atomic E-state index is 12.1. The first-order chi connectivity index (χ1) is 11.5. The number of phenols is 1. The summed E-state index contributed by atoms with van der Waals surface area (Å²) in [5.41, 5.74) is 0.772. The lowest BCUT2D eigenvalue weighted by atomic mass is 10.2. The SMILES string of the molecule is COc1ccc(/C=C(\Cl)c2nc3cc(Cl)ccc3c(=O)[nH]2)cc1O. The van der Waals surface area contributed by atoms with Crippen LogP contribution in [0, 0.1) is 0 Å². The van der Waals surface area contributed by atoms with E-state index in [0.29, 0.717) is 27.2 Å². The minimum atomic E-state index is -0.309. The molecule has 0 aliphatic rings. The Morgan fingerprint density at radius 1 is 1.29 bits per heavy atom. The minimum Gasteiger partial charge on any atom is -0.504 e. The van der Waals surface area contributed by atoms with E-state index in [4.69, 9.17) is 27.9 Å². The molecule has 0 unspecified atom stereocenters. The summed E-state index contributed by atoms with van der Waals surface area (Å²) in [5, 5.41) is 10.9. The van der Waals surface area contributed by atoms with Gasteiger partial charge in [-0.2, -0.15) is 0 Å². The summed E-state index contributed by atoms with van der Waals surface area (Å²) < 4.78 is 4.99. The van der Waals surface area contributed by atoms with Gasteiger partial charge in [-0.3, -0.25) is 4.79 Å². The summed E-state index contributed by atoms with van der Waals surface area (Å²) in [5.74, 6) is 0.560. The number of rotatable bonds is 3. The molecule has 7 heteroatoms. The lowest BCUT2D eigenvalue weighted by molar-refractivity contribution is 0.373. The highest BCUT2D eigenvalue weighted by Crippen LogP contribution is 2.28. The van der Waals surface area contributed by atoms with Gasteiger partial charge in [-0.25, -0.2) is 4.98 Å². The first kappa shape index (κ1) is 16.4. The van der Waals surface area contributed by atoms with Gasteiger partial charge in [0.1, 0.15) is 0 Å². The van der Waals surface area contributed by atoms with Crippen LogP contribution in [0.5, 0.6) is 11.5 Å². The maximum Gasteiger partial charge on any atom is 0.259 e. The molecule has 2 aromatic carbocycles. The van der Waals surface area contributed by atoms with Crippen molar-refractivity contribution in [1.29, 1.82) is 0 Å². The van der Waals surface area contributed by atoms with Gasteiger partial charge in [-0.1, -0.05) is 29.3 Å². The first-order valence-corrected chi connectivity index (χ1v) is 7.67. The van der Waals surface area contributed by atoms with E-state index in [0.717, 1.165) is 0 Å². The Balaban J connectivity index is 2.06. The summed E-state index contributed by atoms with van der Waals surface area (Å²) in [6.45, 7) is 0. The van der Waals surface area contributed by atoms with Crippen LogP contribution in [0.1, 0.15) is 11.4 Å². The van der Waals surface area contributed by atoms with Gasteiger partial charge in [0.05, 0.1) is 23.0 Å². The zero-order valence-corrected chi connectivity index (χ0v) is 14.0. The lowest BCUT2D eigenvalue weighted by Gasteiger charge is -2.05. The van der Waals surface area contributed by atoms with E-state index in [1.165, 1.54) is 13.2 Å². The lowest BCUT2D eigenvalue weighted by Crippen LogP contribution is -2.10. The normalized spacial score (nSPS) is 11.7. The van der Waals surface area contributed by atoms with Crippen LogP contribution in [-0.4, -0.2) is 22.2 Å². The van der Waals surface area contributed by atoms with Crippen LogP contribution in [0.25, 0.3) is 22.0 Å². The third-order valence-electron chi connectivity index (χ3n) is 3.39. The molecule has 0 fully saturated rings. The molecule has 3 aromatic rings. The zero-order valence-electron chi connectivity index (χ0n) is 12.5. The Bertz CT molecular complexity index is 1010. The van der Waals surface area contributed by atoms with Crippen molar-refractivity contribution in [2.45, 2.75) is 0 Å². The van der Waals surface area contributed by atoms with Gasteiger partial charge >= 0.3 is 0 Å². The number of H-pyrrole nitrogens is 1. The summed E-state index contributed by atoms with van der Waals surface area (Å²) in [6, 6.07) is 9.65. The number of nitrogens with one attached hydrogen (secondary N) is 1. The predicted molar refractivity (Wildman–Crippen MR) is 95.8 cm³/mol. The Labute approximate surface area is 147 Å². The number of halogens is 2. The van der Waals surface area contributed by atoms with Crippen molar-refractivity contribution in [2.75, 3.05) is 7.11 Å². The average Bonchev–Trinajstić information content (AvgIpc) is 2.54. The van der Waals surface area contributed by atoms with Crippen LogP contribution >= 0.6 is 23.2 Å². The number of fused-ring (bicyclic) bond motifs is 1. The third-order valence-corrected chi connectivity index (χ3v) is 3.91. The van der Waals surface area contributed by atoms with Crippen molar-refractivity contribution in [3.63, 3.8) is 0 Å². The number of hydrogen-bond acceptors (Lipinski definition) is 4. The number of hydrogen-bond donors (Lipinski definition) is 2. The molecule has 0 bridgehead atoms. The monoisotopic (exact) mass is 362 g/mol. The number of methoxy groups -OCH3 is 1. The minimum absolute atomic E-state index is 0.0116. The van der Waals surface area contributed by atoms with Gasteiger partial charge in [-0.15, -0.1) is 0 Å². The van der Waals surface area contributed by atoms with Crippen LogP contribution in [0.15, 0.2) is 41.2 Å². The molecule has 1 aromatic heterocycles. The highest BCUT2D eigenvalue weighted by atomic mass is 35.5. The Morgan fingerprint density at radius 2 is 2.08 bits per heavy atom. The number of ether oxygens (including phenoxy) is 1. The number of aromatic nitrogens is 2. The van der Waals surface area contributed by atoms with E-state index in [1.54, 1.807) is 36.4 Å². The Morgan fingerprint density at radius 3 is 2.79 bits per heavy atom. The molecule has 5 nitrogen and oxygen atoms in total. The zero-order chi connectivity index (χ0) is 17.3. The van der Waals surface area contributed by atoms with Gasteiger partial charge in [-0.05, 0) is 42.0 Å². The molecule has 122 valence electrons. The van der Waals surface area contributed by atoms with Crippen molar-refractivity contribution < 1.29 is 9.84 Å². The third kappa shape index (κ3) is 3.22. The molecule has 0 amide bonds. The Hall–Kier alpha value is -2.50. The predicted octanol–water partition coefficient (Wildman–Crippen LogP) is 4.03. The van der Waals surface area contributed by atoms with Crippen LogP contribution in [0.3, 0.4) is 0 Å². The molecule has 2 N–H and O–H groups in total. The molecule has 1 heterocycles. The van der Waals surface area contributed by atoms with Crippen LogP contribution < -0.4 is 10.3 Å². The molecule has 3 rings (SSSR count). The number of aromatic amines is 1. The number of nitrogens with zero attached hydrogens (tertiary/aromatic N) is 1. The van der Waals surface area contributed by atoms with Crippen LogP contribution in [0.4, 0.5) is 0 Å². The largest absolute Gasteiger partial charge is 0.504 e. The molecular weight excluding hydrogens is 351 g/mol. The molecular formula is C17H12Cl2N2O3. The van der Waals surface area contributed by atoms with Crippen molar-refractivity contribution in [2.24, 2.45) is 0 Å². The summed E-state index contributed by atoms with van der Waals surface area (Å²) in [7, 11) is 1.46. The highest BCUT2D eigenvalue weighted by molar-refractivity contribution is 6.50. The topological polar surface area (TPSA) is 75.2 Å². The molecule has 0 saturated heterocycles. The second-order valence-electron chi connectivity index (χ2n) is 5.00. The second kappa shape index (κ2) is 6.55. The van der Waals surface area contributed by atoms with E-state index >= 15 is 0 Å². The molecule has 0 saturated carbocycles. The van der Waals surface area contributed by atoms with E-state index in [-0.39, 0.29) is 22.2 Å². The van der Waals surface area contributed by atoms with Gasteiger partial charge in [0.2, 0.25) is 0 Å². The van der Waals surface area contributed by atoms with Gasteiger partial charge in [0, 0.05) is 5.02 Å². The van der Waals surface area contributed by atoms with E-state index < -0.39 is 0 Å². The summed E-state index contributed by atoms with van der Waals surface area (Å²) in [4.78, 5) is 19.1. The van der Waals surface area contributed by atoms with Crippen molar-refractivity contribution in [3.8, 4) is 11.5 Å². The van der Waals surface area contributed by atoms with Crippen LogP contribution in [0.2, 0.25) is 5.02 Å². The fourth-order valence-corrected chi connectivity index (χ4v) is 2.62. The van der Waals surface area contributed by atoms with Crippen LogP contribution in [-0.2, 0) is 0 Å². The highest BCUT2D eigenvalue weighted by Gasteiger charge is 2.08. The van der Waals surface area contributed by atoms with Gasteiger partial charge in [0.25, 0.3) is 5.56 Å². The van der Waals surface area contributed by atoms with Gasteiger partial charge < -0.3 is 14.8 Å². The molecule has 0 spiro atoms. The quantitative estimate of drug-likeness (QED) is 0.737. The smallest absolute Gasteiger partial charge is 0.259 e. The first-order valence-electron chi connectivity index (χ1n) is 6.92. The van der Waals surface area contributed by atoms with Crippen molar-refractivity contribution in [1.82, 2.24) is 9.97 Å². The Kier molecular flexibility index (Phi) is 4.46. The second-order valence-corrected chi connectivity index (χ2v) is 5.84. The van der Waals surface area contributed by atoms with Gasteiger partial charge in [0.15, 0.2) is 17.3 Å². The van der Waals surface area contributed by atoms with Crippen molar-refractivity contribution in [3.05, 3.63) is 63.2 Å². The van der Waals surface area contributed by atoms with E-state index in [9.17, 15) is 9.90 Å². The average molecular weight is 363 g/mol. The maximum absolute atomic E-state index is 12.1. The standard InChI is InChI=1S/C17H12Cl2N2O3/c1-24-15-5-2-9(7-14(15)22)6-12(19)16-20-13-8-10(18)3-4-11(13)17(23)21-16/h2-8,22H,1H3,(H,20,21,23)/b12-6-. The fourth-order valence-electron chi connectivity index (χ4n) is 2.24. The molecule has 0 radical (unpaired) electrons. The van der Waals surface area contributed by atoms with E-state index in [2.05, 4.69) is 9.97 Å². The number of aromatic hydroxyl groups is 1. The summed E-state index contributed by atoms with van der Waals surface area (Å²) in [6.07, 6.45) is 1.58. The fraction of sp³-hybridized carbons (Fsp3) is 0.0588.